The molecule has 0 radical (unpaired) electrons. The Kier molecular flexibility index (Phi) is 4.27. The summed E-state index contributed by atoms with van der Waals surface area (Å²) in [5, 5.41) is 0. The van der Waals surface area contributed by atoms with Gasteiger partial charge in [0.15, 0.2) is 17.3 Å². The van der Waals surface area contributed by atoms with E-state index in [1.165, 1.54) is 0 Å². The number of ether oxygens (including phenoxy) is 2. The molecule has 1 aromatic heterocycles. The maximum Gasteiger partial charge on any atom is 0.289 e. The van der Waals surface area contributed by atoms with Crippen molar-refractivity contribution in [2.45, 2.75) is 18.9 Å². The van der Waals surface area contributed by atoms with Crippen LogP contribution in [0.4, 0.5) is 0 Å². The molecule has 1 N–H and O–H groups in total. The molecule has 0 aliphatic carbocycles. The van der Waals surface area contributed by atoms with Gasteiger partial charge in [0.05, 0.1) is 7.11 Å². The Balaban J connectivity index is 1.57. The van der Waals surface area contributed by atoms with Crippen LogP contribution < -0.4 is 9.47 Å². The molecule has 22 heavy (non-hydrogen) atoms. The quantitative estimate of drug-likeness (QED) is 0.939. The molecule has 116 valence electrons. The summed E-state index contributed by atoms with van der Waals surface area (Å²) in [4.78, 5) is 20.9. The molecular formula is C16H19N3O3. The molecule has 1 aliphatic heterocycles. The third kappa shape index (κ3) is 3.05. The summed E-state index contributed by atoms with van der Waals surface area (Å²) in [6, 6.07) is 7.62. The van der Waals surface area contributed by atoms with Crippen molar-refractivity contribution in [2.24, 2.45) is 0 Å². The number of carbonyl (C=O) groups is 1. The maximum absolute atomic E-state index is 12.2. The number of nitrogens with one attached hydrogen (secondary N) is 1. The van der Waals surface area contributed by atoms with Crippen molar-refractivity contribution < 1.29 is 14.3 Å². The Labute approximate surface area is 129 Å². The topological polar surface area (TPSA) is 67.5 Å². The van der Waals surface area contributed by atoms with Crippen LogP contribution in [-0.4, -0.2) is 47.1 Å². The number of aromatic nitrogens is 2. The summed E-state index contributed by atoms with van der Waals surface area (Å²) in [6.07, 6.45) is 4.93. The lowest BCUT2D eigenvalue weighted by molar-refractivity contribution is 0.0580. The lowest BCUT2D eigenvalue weighted by atomic mass is 10.1. The average molecular weight is 301 g/mol. The summed E-state index contributed by atoms with van der Waals surface area (Å²) in [5.41, 5.74) is 0. The van der Waals surface area contributed by atoms with Gasteiger partial charge in [-0.15, -0.1) is 0 Å². The zero-order chi connectivity index (χ0) is 15.4. The van der Waals surface area contributed by atoms with E-state index in [-0.39, 0.29) is 12.0 Å². The molecule has 0 spiro atoms. The minimum atomic E-state index is -0.0549. The molecule has 1 fully saturated rings. The number of carbonyl (C=O) groups excluding carboxylic acids is 1. The van der Waals surface area contributed by atoms with Crippen molar-refractivity contribution in [2.75, 3.05) is 20.2 Å². The van der Waals surface area contributed by atoms with Crippen molar-refractivity contribution in [1.29, 1.82) is 0 Å². The first-order chi connectivity index (χ1) is 10.8. The first-order valence-electron chi connectivity index (χ1n) is 7.36. The Hall–Kier alpha value is -2.50. The second kappa shape index (κ2) is 6.51. The van der Waals surface area contributed by atoms with E-state index < -0.39 is 0 Å². The number of piperidine rings is 1. The highest BCUT2D eigenvalue weighted by atomic mass is 16.5. The van der Waals surface area contributed by atoms with E-state index in [1.807, 2.05) is 24.3 Å². The predicted molar refractivity (Wildman–Crippen MR) is 81.1 cm³/mol. The third-order valence-corrected chi connectivity index (χ3v) is 3.79. The van der Waals surface area contributed by atoms with Crippen LogP contribution in [0.3, 0.4) is 0 Å². The second-order valence-electron chi connectivity index (χ2n) is 5.20. The molecule has 0 unspecified atom stereocenters. The molecule has 6 heteroatoms. The first kappa shape index (κ1) is 14.4. The molecular weight excluding hydrogens is 282 g/mol. The predicted octanol–water partition coefficient (Wildman–Crippen LogP) is 2.10. The van der Waals surface area contributed by atoms with Gasteiger partial charge in [-0.05, 0) is 12.1 Å². The number of H-pyrrole nitrogens is 1. The van der Waals surface area contributed by atoms with Crippen LogP contribution in [0.2, 0.25) is 0 Å². The molecule has 2 aromatic rings. The number of nitrogens with zero attached hydrogens (tertiary/aromatic N) is 2. The van der Waals surface area contributed by atoms with Crippen LogP contribution in [0.15, 0.2) is 36.7 Å². The number of amides is 1. The standard InChI is InChI=1S/C16H19N3O3/c1-21-13-4-2-3-5-14(13)22-12-6-10-19(11-7-12)16(20)15-17-8-9-18-15/h2-5,8-9,12H,6-7,10-11H2,1H3,(H,17,18). The Morgan fingerprint density at radius 3 is 2.64 bits per heavy atom. The minimum Gasteiger partial charge on any atom is -0.493 e. The highest BCUT2D eigenvalue weighted by Crippen LogP contribution is 2.29. The number of hydrogen-bond donors (Lipinski definition) is 1. The largest absolute Gasteiger partial charge is 0.493 e. The van der Waals surface area contributed by atoms with Gasteiger partial charge in [0.2, 0.25) is 0 Å². The highest BCUT2D eigenvalue weighted by Gasteiger charge is 2.26. The Morgan fingerprint density at radius 2 is 2.00 bits per heavy atom. The molecule has 0 saturated carbocycles. The number of para-hydroxylation sites is 2. The Morgan fingerprint density at radius 1 is 1.27 bits per heavy atom. The van der Waals surface area contributed by atoms with Gasteiger partial charge in [-0.1, -0.05) is 12.1 Å². The summed E-state index contributed by atoms with van der Waals surface area (Å²) >= 11 is 0. The average Bonchev–Trinajstić information content (AvgIpc) is 3.10. The summed E-state index contributed by atoms with van der Waals surface area (Å²) in [5.74, 6) is 1.82. The van der Waals surface area contributed by atoms with Gasteiger partial charge < -0.3 is 19.4 Å². The molecule has 1 aliphatic rings. The number of benzene rings is 1. The van der Waals surface area contributed by atoms with Crippen LogP contribution in [0.25, 0.3) is 0 Å². The van der Waals surface area contributed by atoms with E-state index in [1.54, 1.807) is 24.4 Å². The molecule has 2 heterocycles. The van der Waals surface area contributed by atoms with E-state index in [0.29, 0.717) is 18.9 Å². The lowest BCUT2D eigenvalue weighted by Crippen LogP contribution is -2.42. The van der Waals surface area contributed by atoms with Gasteiger partial charge in [0.25, 0.3) is 5.91 Å². The van der Waals surface area contributed by atoms with Gasteiger partial charge in [-0.3, -0.25) is 4.79 Å². The fourth-order valence-corrected chi connectivity index (χ4v) is 2.60. The van der Waals surface area contributed by atoms with Crippen molar-refractivity contribution in [1.82, 2.24) is 14.9 Å². The smallest absolute Gasteiger partial charge is 0.289 e. The summed E-state index contributed by atoms with van der Waals surface area (Å²) in [7, 11) is 1.63. The van der Waals surface area contributed by atoms with Crippen molar-refractivity contribution >= 4 is 5.91 Å². The normalized spacial score (nSPS) is 15.6. The highest BCUT2D eigenvalue weighted by molar-refractivity contribution is 5.90. The summed E-state index contributed by atoms with van der Waals surface area (Å²) in [6.45, 7) is 1.33. The van der Waals surface area contributed by atoms with Gasteiger partial charge in [-0.2, -0.15) is 0 Å². The van der Waals surface area contributed by atoms with E-state index in [4.69, 9.17) is 9.47 Å². The van der Waals surface area contributed by atoms with Crippen LogP contribution >= 0.6 is 0 Å². The third-order valence-electron chi connectivity index (χ3n) is 3.79. The number of rotatable bonds is 4. The molecule has 1 saturated heterocycles. The maximum atomic E-state index is 12.2. The minimum absolute atomic E-state index is 0.0549. The fourth-order valence-electron chi connectivity index (χ4n) is 2.60. The molecule has 6 nitrogen and oxygen atoms in total. The fraction of sp³-hybridized carbons (Fsp3) is 0.375. The van der Waals surface area contributed by atoms with Crippen molar-refractivity contribution in [3.8, 4) is 11.5 Å². The number of aromatic amines is 1. The molecule has 1 amide bonds. The Bertz CT molecular complexity index is 619. The number of likely N-dealkylation sites (tertiary alicyclic amines) is 1. The van der Waals surface area contributed by atoms with E-state index in [9.17, 15) is 4.79 Å². The van der Waals surface area contributed by atoms with Crippen LogP contribution in [0.1, 0.15) is 23.5 Å². The molecule has 0 atom stereocenters. The van der Waals surface area contributed by atoms with E-state index >= 15 is 0 Å². The van der Waals surface area contributed by atoms with Gasteiger partial charge in [0, 0.05) is 38.3 Å². The van der Waals surface area contributed by atoms with Crippen LogP contribution in [-0.2, 0) is 0 Å². The molecule has 1 aromatic carbocycles. The van der Waals surface area contributed by atoms with Gasteiger partial charge in [-0.25, -0.2) is 4.98 Å². The number of imidazole rings is 1. The van der Waals surface area contributed by atoms with Crippen molar-refractivity contribution in [3.05, 3.63) is 42.5 Å². The monoisotopic (exact) mass is 301 g/mol. The van der Waals surface area contributed by atoms with E-state index in [2.05, 4.69) is 9.97 Å². The lowest BCUT2D eigenvalue weighted by Gasteiger charge is -2.31. The first-order valence-corrected chi connectivity index (χ1v) is 7.36. The number of hydrogen-bond acceptors (Lipinski definition) is 4. The van der Waals surface area contributed by atoms with Crippen molar-refractivity contribution in [3.63, 3.8) is 0 Å². The van der Waals surface area contributed by atoms with Crippen LogP contribution in [0, 0.1) is 0 Å². The summed E-state index contributed by atoms with van der Waals surface area (Å²) < 4.78 is 11.3. The van der Waals surface area contributed by atoms with Crippen LogP contribution in [0.5, 0.6) is 11.5 Å². The SMILES string of the molecule is COc1ccccc1OC1CCN(C(=O)c2ncc[nH]2)CC1. The zero-order valence-electron chi connectivity index (χ0n) is 12.5. The second-order valence-corrected chi connectivity index (χ2v) is 5.20. The van der Waals surface area contributed by atoms with Gasteiger partial charge >= 0.3 is 0 Å². The molecule has 3 rings (SSSR count). The van der Waals surface area contributed by atoms with E-state index in [0.717, 1.165) is 24.3 Å². The van der Waals surface area contributed by atoms with Gasteiger partial charge in [0.1, 0.15) is 6.10 Å². The molecule has 0 bridgehead atoms. The zero-order valence-corrected chi connectivity index (χ0v) is 12.5. The number of methoxy groups -OCH3 is 1.